The van der Waals surface area contributed by atoms with Crippen LogP contribution in [0.4, 0.5) is 13.2 Å². The first kappa shape index (κ1) is 14.6. The highest BCUT2D eigenvalue weighted by Gasteiger charge is 2.34. The second-order valence-electron chi connectivity index (χ2n) is 3.63. The van der Waals surface area contributed by atoms with Crippen molar-refractivity contribution in [2.24, 2.45) is 5.73 Å². The molecule has 0 radical (unpaired) electrons. The number of hydrogen-bond acceptors (Lipinski definition) is 3. The zero-order valence-corrected chi connectivity index (χ0v) is 9.28. The van der Waals surface area contributed by atoms with E-state index in [0.717, 1.165) is 11.8 Å². The summed E-state index contributed by atoms with van der Waals surface area (Å²) in [4.78, 5) is 10.5. The van der Waals surface area contributed by atoms with Crippen LogP contribution < -0.4 is 5.73 Å². The van der Waals surface area contributed by atoms with Crippen molar-refractivity contribution in [2.75, 3.05) is 5.75 Å². The number of rotatable bonds is 5. The van der Waals surface area contributed by atoms with Crippen LogP contribution >= 0.6 is 11.8 Å². The van der Waals surface area contributed by atoms with E-state index in [4.69, 9.17) is 10.8 Å². The number of nitrogens with two attached hydrogens (primary N) is 1. The highest BCUT2D eigenvalue weighted by Crippen LogP contribution is 2.31. The van der Waals surface area contributed by atoms with Gasteiger partial charge in [0.1, 0.15) is 6.04 Å². The van der Waals surface area contributed by atoms with E-state index in [9.17, 15) is 18.0 Å². The average molecular weight is 245 g/mol. The largest absolute Gasteiger partial charge is 0.480 e. The van der Waals surface area contributed by atoms with Gasteiger partial charge >= 0.3 is 12.1 Å². The standard InChI is InChI=1S/C8H14F3NO2S/c1-7(2,5(12)6(13)14)15-4-3-8(9,10)11/h5H,3-4,12H2,1-2H3,(H,13,14)/t5-/m1/s1. The smallest absolute Gasteiger partial charge is 0.389 e. The zero-order valence-electron chi connectivity index (χ0n) is 8.47. The quantitative estimate of drug-likeness (QED) is 0.776. The summed E-state index contributed by atoms with van der Waals surface area (Å²) in [6.45, 7) is 3.04. The molecular formula is C8H14F3NO2S. The Balaban J connectivity index is 4.10. The molecule has 0 spiro atoms. The first-order valence-electron chi connectivity index (χ1n) is 4.25. The van der Waals surface area contributed by atoms with Crippen molar-refractivity contribution in [1.29, 1.82) is 0 Å². The SMILES string of the molecule is CC(C)(SCCC(F)(F)F)[C@H](N)C(=O)O. The van der Waals surface area contributed by atoms with Crippen LogP contribution in [0.2, 0.25) is 0 Å². The number of carboxylic acids is 1. The first-order valence-corrected chi connectivity index (χ1v) is 5.24. The maximum absolute atomic E-state index is 11.8. The number of alkyl halides is 3. The van der Waals surface area contributed by atoms with Crippen LogP contribution in [-0.4, -0.2) is 33.8 Å². The molecule has 15 heavy (non-hydrogen) atoms. The monoisotopic (exact) mass is 245 g/mol. The molecule has 0 aromatic rings. The molecule has 0 amide bonds. The average Bonchev–Trinajstić information content (AvgIpc) is 1.99. The van der Waals surface area contributed by atoms with Gasteiger partial charge in [-0.1, -0.05) is 0 Å². The third-order valence-electron chi connectivity index (χ3n) is 1.87. The number of halogens is 3. The minimum absolute atomic E-state index is 0.183. The molecule has 0 aromatic heterocycles. The minimum atomic E-state index is -4.21. The van der Waals surface area contributed by atoms with Crippen LogP contribution in [0.1, 0.15) is 20.3 Å². The van der Waals surface area contributed by atoms with Gasteiger partial charge in [0, 0.05) is 10.5 Å². The summed E-state index contributed by atoms with van der Waals surface area (Å²) in [7, 11) is 0. The fraction of sp³-hybridized carbons (Fsp3) is 0.875. The van der Waals surface area contributed by atoms with Crippen molar-refractivity contribution in [2.45, 2.75) is 37.2 Å². The molecule has 0 aliphatic rings. The van der Waals surface area contributed by atoms with E-state index in [2.05, 4.69) is 0 Å². The van der Waals surface area contributed by atoms with Gasteiger partial charge < -0.3 is 10.8 Å². The first-order chi connectivity index (χ1) is 6.56. The Hall–Kier alpha value is -0.430. The van der Waals surface area contributed by atoms with Crippen molar-refractivity contribution >= 4 is 17.7 Å². The molecule has 7 heteroatoms. The minimum Gasteiger partial charge on any atom is -0.480 e. The molecule has 0 rings (SSSR count). The Labute approximate surface area is 90.2 Å². The Morgan fingerprint density at radius 1 is 1.47 bits per heavy atom. The summed E-state index contributed by atoms with van der Waals surface area (Å²) >= 11 is 0.916. The van der Waals surface area contributed by atoms with E-state index in [1.165, 1.54) is 13.8 Å². The summed E-state index contributed by atoms with van der Waals surface area (Å²) in [5.74, 6) is -1.39. The summed E-state index contributed by atoms with van der Waals surface area (Å²) in [5, 5.41) is 8.62. The van der Waals surface area contributed by atoms with E-state index in [-0.39, 0.29) is 5.75 Å². The third-order valence-corrected chi connectivity index (χ3v) is 3.28. The molecule has 0 aliphatic heterocycles. The van der Waals surface area contributed by atoms with Crippen LogP contribution in [0.5, 0.6) is 0 Å². The molecule has 3 N–H and O–H groups in total. The van der Waals surface area contributed by atoms with E-state index in [0.29, 0.717) is 0 Å². The lowest BCUT2D eigenvalue weighted by Crippen LogP contribution is -2.47. The zero-order chi connectivity index (χ0) is 12.3. The predicted octanol–water partition coefficient (Wildman–Crippen LogP) is 1.86. The molecule has 0 aliphatic carbocycles. The molecule has 0 fully saturated rings. The Bertz CT molecular complexity index is 230. The van der Waals surface area contributed by atoms with Crippen molar-refractivity contribution in [3.8, 4) is 0 Å². The molecule has 90 valence electrons. The van der Waals surface area contributed by atoms with Crippen LogP contribution in [0.25, 0.3) is 0 Å². The number of carboxylic acid groups (broad SMARTS) is 1. The Morgan fingerprint density at radius 3 is 2.27 bits per heavy atom. The number of hydrogen-bond donors (Lipinski definition) is 2. The van der Waals surface area contributed by atoms with Gasteiger partial charge in [0.15, 0.2) is 0 Å². The van der Waals surface area contributed by atoms with Gasteiger partial charge in [0.05, 0.1) is 6.42 Å². The highest BCUT2D eigenvalue weighted by atomic mass is 32.2. The molecule has 0 unspecified atom stereocenters. The van der Waals surface area contributed by atoms with E-state index < -0.39 is 29.4 Å². The van der Waals surface area contributed by atoms with E-state index in [1.54, 1.807) is 0 Å². The normalized spacial score (nSPS) is 15.1. The van der Waals surface area contributed by atoms with Gasteiger partial charge in [-0.15, -0.1) is 0 Å². The van der Waals surface area contributed by atoms with Gasteiger partial charge in [-0.25, -0.2) is 0 Å². The second kappa shape index (κ2) is 5.07. The van der Waals surface area contributed by atoms with Crippen LogP contribution in [0.3, 0.4) is 0 Å². The van der Waals surface area contributed by atoms with Gasteiger partial charge in [0.25, 0.3) is 0 Å². The fourth-order valence-electron chi connectivity index (χ4n) is 0.817. The van der Waals surface area contributed by atoms with Crippen LogP contribution in [-0.2, 0) is 4.79 Å². The second-order valence-corrected chi connectivity index (χ2v) is 5.38. The number of aliphatic carboxylic acids is 1. The lowest BCUT2D eigenvalue weighted by atomic mass is 10.1. The summed E-state index contributed by atoms with van der Waals surface area (Å²) < 4.78 is 34.6. The van der Waals surface area contributed by atoms with Gasteiger partial charge in [0.2, 0.25) is 0 Å². The Kier molecular flexibility index (Phi) is 4.92. The third kappa shape index (κ3) is 5.88. The van der Waals surface area contributed by atoms with E-state index >= 15 is 0 Å². The van der Waals surface area contributed by atoms with Crippen LogP contribution in [0, 0.1) is 0 Å². The van der Waals surface area contributed by atoms with Crippen molar-refractivity contribution in [3.05, 3.63) is 0 Å². The Morgan fingerprint density at radius 2 is 1.93 bits per heavy atom. The van der Waals surface area contributed by atoms with Gasteiger partial charge in [-0.2, -0.15) is 24.9 Å². The lowest BCUT2D eigenvalue weighted by Gasteiger charge is -2.28. The number of thioether (sulfide) groups is 1. The summed E-state index contributed by atoms with van der Waals surface area (Å²) in [6, 6.07) is -1.17. The molecule has 0 saturated heterocycles. The molecule has 3 nitrogen and oxygen atoms in total. The number of carbonyl (C=O) groups is 1. The maximum atomic E-state index is 11.8. The fourth-order valence-corrected chi connectivity index (χ4v) is 1.96. The molecule has 0 heterocycles. The molecule has 0 bridgehead atoms. The van der Waals surface area contributed by atoms with Crippen LogP contribution in [0.15, 0.2) is 0 Å². The van der Waals surface area contributed by atoms with Crippen molar-refractivity contribution in [1.82, 2.24) is 0 Å². The predicted molar refractivity (Wildman–Crippen MR) is 52.8 cm³/mol. The lowest BCUT2D eigenvalue weighted by molar-refractivity contribution is -0.139. The topological polar surface area (TPSA) is 63.3 Å². The van der Waals surface area contributed by atoms with Crippen molar-refractivity contribution < 1.29 is 23.1 Å². The van der Waals surface area contributed by atoms with Crippen molar-refractivity contribution in [3.63, 3.8) is 0 Å². The molecule has 0 aromatic carbocycles. The molecular weight excluding hydrogens is 231 g/mol. The molecule has 0 saturated carbocycles. The van der Waals surface area contributed by atoms with Gasteiger partial charge in [-0.3, -0.25) is 4.79 Å². The summed E-state index contributed by atoms with van der Waals surface area (Å²) in [5.41, 5.74) is 5.34. The van der Waals surface area contributed by atoms with Gasteiger partial charge in [-0.05, 0) is 13.8 Å². The maximum Gasteiger partial charge on any atom is 0.389 e. The highest BCUT2D eigenvalue weighted by molar-refractivity contribution is 8.00. The van der Waals surface area contributed by atoms with E-state index in [1.807, 2.05) is 0 Å². The summed E-state index contributed by atoms with van der Waals surface area (Å²) in [6.07, 6.45) is -5.15. The molecule has 1 atom stereocenters.